The Bertz CT molecular complexity index is 2510. The highest BCUT2D eigenvalue weighted by Gasteiger charge is 2.63. The summed E-state index contributed by atoms with van der Waals surface area (Å²) in [5.74, 6) is -5.00. The summed E-state index contributed by atoms with van der Waals surface area (Å²) in [4.78, 5) is 53.4. The molecular formula is C42H43ClF6N4O7S2. The number of sulfonamides is 1. The van der Waals surface area contributed by atoms with Gasteiger partial charge in [0, 0.05) is 58.3 Å². The number of fused-ring (bicyclic) bond motifs is 1. The number of alkyl halides is 5. The van der Waals surface area contributed by atoms with Crippen LogP contribution in [-0.4, -0.2) is 78.4 Å². The van der Waals surface area contributed by atoms with Gasteiger partial charge in [-0.05, 0) is 67.0 Å². The summed E-state index contributed by atoms with van der Waals surface area (Å²) in [5.41, 5.74) is -3.87. The second-order valence-corrected chi connectivity index (χ2v) is 20.6. The zero-order valence-electron chi connectivity index (χ0n) is 33.9. The fourth-order valence-corrected chi connectivity index (χ4v) is 10.6. The molecule has 0 spiro atoms. The lowest BCUT2D eigenvalue weighted by Crippen LogP contribution is -2.48. The van der Waals surface area contributed by atoms with E-state index in [2.05, 4.69) is 9.97 Å². The van der Waals surface area contributed by atoms with Crippen LogP contribution in [0, 0.1) is 28.5 Å². The number of hydrogen-bond donors (Lipinski definition) is 1. The molecule has 1 saturated heterocycles. The van der Waals surface area contributed by atoms with Crippen LogP contribution in [0.2, 0.25) is 5.02 Å². The van der Waals surface area contributed by atoms with Crippen LogP contribution in [0.5, 0.6) is 11.6 Å². The van der Waals surface area contributed by atoms with Gasteiger partial charge < -0.3 is 14.4 Å². The lowest BCUT2D eigenvalue weighted by Gasteiger charge is -2.35. The number of hydrogen-bond acceptors (Lipinski definition) is 10. The first-order valence-corrected chi connectivity index (χ1v) is 22.6. The van der Waals surface area contributed by atoms with Gasteiger partial charge in [-0.2, -0.15) is 13.2 Å². The molecule has 3 heterocycles. The summed E-state index contributed by atoms with van der Waals surface area (Å²) >= 11 is 7.42. The number of aromatic nitrogens is 2. The maximum absolute atomic E-state index is 14.9. The third-order valence-electron chi connectivity index (χ3n) is 11.9. The van der Waals surface area contributed by atoms with E-state index in [1.54, 1.807) is 39.0 Å². The van der Waals surface area contributed by atoms with Crippen molar-refractivity contribution < 1.29 is 58.6 Å². The molecule has 62 heavy (non-hydrogen) atoms. The highest BCUT2D eigenvalue weighted by molar-refractivity contribution is 7.90. The molecule has 3 fully saturated rings. The molecule has 334 valence electrons. The van der Waals surface area contributed by atoms with Gasteiger partial charge >= 0.3 is 6.18 Å². The summed E-state index contributed by atoms with van der Waals surface area (Å²) in [6.07, 6.45) is -8.19. The van der Waals surface area contributed by atoms with Crippen molar-refractivity contribution in [2.75, 3.05) is 13.7 Å². The van der Waals surface area contributed by atoms with E-state index in [1.807, 2.05) is 4.72 Å². The van der Waals surface area contributed by atoms with E-state index < -0.39 is 105 Å². The van der Waals surface area contributed by atoms with Crippen molar-refractivity contribution in [3.63, 3.8) is 0 Å². The van der Waals surface area contributed by atoms with Crippen molar-refractivity contribution >= 4 is 61.3 Å². The van der Waals surface area contributed by atoms with E-state index in [0.29, 0.717) is 51.5 Å². The van der Waals surface area contributed by atoms with Gasteiger partial charge in [-0.25, -0.2) is 31.6 Å². The Morgan fingerprint density at radius 2 is 1.81 bits per heavy atom. The number of amides is 2. The number of pyridine rings is 1. The maximum atomic E-state index is 14.9. The van der Waals surface area contributed by atoms with Crippen LogP contribution in [0.15, 0.2) is 48.0 Å². The van der Waals surface area contributed by atoms with E-state index in [9.17, 15) is 49.1 Å². The molecule has 20 heteroatoms. The predicted octanol–water partition coefficient (Wildman–Crippen LogP) is 8.66. The maximum Gasteiger partial charge on any atom is 0.419 e. The summed E-state index contributed by atoms with van der Waals surface area (Å²) in [6.45, 7) is 5.20. The van der Waals surface area contributed by atoms with E-state index in [4.69, 9.17) is 21.1 Å². The highest BCUT2D eigenvalue weighted by Crippen LogP contribution is 2.59. The number of benzene rings is 2. The van der Waals surface area contributed by atoms with Gasteiger partial charge in [-0.3, -0.25) is 19.1 Å². The monoisotopic (exact) mass is 928 g/mol. The molecular weight excluding hydrogens is 886 g/mol. The Balaban J connectivity index is 1.20. The van der Waals surface area contributed by atoms with Crippen molar-refractivity contribution in [1.29, 1.82) is 0 Å². The Morgan fingerprint density at radius 3 is 2.45 bits per heavy atom. The second-order valence-electron chi connectivity index (χ2n) is 17.2. The first-order chi connectivity index (χ1) is 29.0. The number of ether oxygens (including phenoxy) is 2. The summed E-state index contributed by atoms with van der Waals surface area (Å²) < 4.78 is 122. The van der Waals surface area contributed by atoms with E-state index in [1.165, 1.54) is 29.7 Å². The molecule has 7 rings (SSSR count). The number of ketones is 1. The predicted molar refractivity (Wildman–Crippen MR) is 218 cm³/mol. The number of rotatable bonds is 15. The van der Waals surface area contributed by atoms with Crippen LogP contribution >= 0.6 is 22.9 Å². The van der Waals surface area contributed by atoms with Crippen LogP contribution in [0.1, 0.15) is 69.9 Å². The Kier molecular flexibility index (Phi) is 12.4. The van der Waals surface area contributed by atoms with Crippen LogP contribution in [-0.2, 0) is 37.0 Å². The molecule has 2 aliphatic carbocycles. The third-order valence-corrected chi connectivity index (χ3v) is 14.8. The molecule has 5 atom stereocenters. The molecule has 4 aromatic rings. The molecule has 1 N–H and O–H groups in total. The molecule has 2 amide bonds. The molecule has 0 unspecified atom stereocenters. The normalized spacial score (nSPS) is 22.2. The molecule has 2 saturated carbocycles. The van der Waals surface area contributed by atoms with Crippen LogP contribution in [0.25, 0.3) is 22.0 Å². The second kappa shape index (κ2) is 16.9. The number of thiazole rings is 1. The van der Waals surface area contributed by atoms with Gasteiger partial charge in [0.25, 0.3) is 0 Å². The standard InChI is InChI=1S/C42H43ClF6N4O7S2/c1-40(2,3)29(15-36-51-31(20-61-36)21-5-10-30(44)28(11-21)42(47,48)49)38(55)53-19-24(60-37-27-13-23(43)6-9-26(27)34(59-4)18-50-37)14-32(53)33(54)17-41(16-22(41)12-35(45)46)39(56)52-62(57,58)25-7-8-25/h5-6,9-11,13,18,20,22,24-25,29,32,35H,7-8,12,14-17,19H2,1-4H3,(H,52,56)/t22-,24-,29-,32+,41-/m1/s1. The van der Waals surface area contributed by atoms with Gasteiger partial charge in [-0.15, -0.1) is 11.3 Å². The number of nitrogens with one attached hydrogen (secondary N) is 1. The van der Waals surface area contributed by atoms with E-state index in [-0.39, 0.29) is 42.9 Å². The number of likely N-dealkylation sites (tertiary alicyclic amines) is 1. The summed E-state index contributed by atoms with van der Waals surface area (Å²) in [6, 6.07) is 6.27. The Morgan fingerprint density at radius 1 is 1.08 bits per heavy atom. The van der Waals surface area contributed by atoms with Gasteiger partial charge in [0.05, 0.1) is 52.8 Å². The fraction of sp³-hybridized carbons (Fsp3) is 0.500. The SMILES string of the molecule is COc1cnc(O[C@@H]2C[C@@H](C(=O)C[C@]3(C(=O)NS(=O)(=O)C4CC4)C[C@H]3CC(F)F)N(C(=O)[C@@H](Cc3nc(-c4ccc(F)c(C(F)(F)F)c4)cs3)C(C)(C)C)C2)c2cc(Cl)ccc12. The van der Waals surface area contributed by atoms with Gasteiger partial charge in [0.1, 0.15) is 17.7 Å². The quantitative estimate of drug-likeness (QED) is 0.116. The summed E-state index contributed by atoms with van der Waals surface area (Å²) in [5, 5.41) is 2.52. The zero-order chi connectivity index (χ0) is 45.1. The first-order valence-electron chi connectivity index (χ1n) is 19.8. The first kappa shape index (κ1) is 45.5. The van der Waals surface area contributed by atoms with Crippen LogP contribution in [0.3, 0.4) is 0 Å². The minimum atomic E-state index is -4.95. The largest absolute Gasteiger partial charge is 0.494 e. The van der Waals surface area contributed by atoms with Crippen LogP contribution < -0.4 is 14.2 Å². The van der Waals surface area contributed by atoms with Gasteiger partial charge in [0.15, 0.2) is 5.78 Å². The topological polar surface area (TPSA) is 145 Å². The van der Waals surface area contributed by atoms with Crippen molar-refractivity contribution in [2.24, 2.45) is 22.7 Å². The number of carbonyl (C=O) groups is 3. The van der Waals surface area contributed by atoms with E-state index in [0.717, 1.165) is 11.3 Å². The summed E-state index contributed by atoms with van der Waals surface area (Å²) in [7, 11) is -2.63. The van der Waals surface area contributed by atoms with Crippen LogP contribution in [0.4, 0.5) is 26.3 Å². The van der Waals surface area contributed by atoms with Gasteiger partial charge in [-0.1, -0.05) is 32.4 Å². The molecule has 1 aliphatic heterocycles. The molecule has 11 nitrogen and oxygen atoms in total. The average Bonchev–Trinajstić information content (AvgIpc) is 4.06. The third kappa shape index (κ3) is 9.54. The molecule has 2 aromatic heterocycles. The highest BCUT2D eigenvalue weighted by atomic mass is 35.5. The Labute approximate surface area is 362 Å². The molecule has 3 aliphatic rings. The molecule has 0 bridgehead atoms. The number of carbonyl (C=O) groups excluding carboxylic acids is 3. The minimum Gasteiger partial charge on any atom is -0.494 e. The average molecular weight is 929 g/mol. The van der Waals surface area contributed by atoms with Crippen molar-refractivity contribution in [3.8, 4) is 22.9 Å². The minimum absolute atomic E-state index is 0.0131. The number of nitrogens with zero attached hydrogens (tertiary/aromatic N) is 3. The zero-order valence-corrected chi connectivity index (χ0v) is 36.3. The lowest BCUT2D eigenvalue weighted by molar-refractivity contribution is -0.144. The van der Waals surface area contributed by atoms with Crippen molar-refractivity contribution in [3.05, 3.63) is 69.4 Å². The number of methoxy groups -OCH3 is 1. The molecule has 2 aromatic carbocycles. The van der Waals surface area contributed by atoms with Crippen molar-refractivity contribution in [1.82, 2.24) is 19.6 Å². The lowest BCUT2D eigenvalue weighted by atomic mass is 9.77. The van der Waals surface area contributed by atoms with Crippen molar-refractivity contribution in [2.45, 2.75) is 95.7 Å². The fourth-order valence-electron chi connectivity index (χ4n) is 8.19. The van der Waals surface area contributed by atoms with Gasteiger partial charge in [0.2, 0.25) is 34.1 Å². The molecule has 0 radical (unpaired) electrons. The number of halogens is 7. The van der Waals surface area contributed by atoms with E-state index >= 15 is 0 Å². The number of Topliss-reactive ketones (excluding diaryl/α,β-unsaturated/α-hetero) is 1. The Hall–Kier alpha value is -4.49. The smallest absolute Gasteiger partial charge is 0.419 e.